The predicted octanol–water partition coefficient (Wildman–Crippen LogP) is 8.26. The van der Waals surface area contributed by atoms with Crippen LogP contribution in [-0.4, -0.2) is 93.1 Å². The van der Waals surface area contributed by atoms with Crippen molar-refractivity contribution >= 4 is 34.8 Å². The van der Waals surface area contributed by atoms with Gasteiger partial charge in [0.2, 0.25) is 11.8 Å². The second-order valence-corrected chi connectivity index (χ2v) is 17.3. The van der Waals surface area contributed by atoms with Gasteiger partial charge in [-0.3, -0.25) is 9.59 Å². The van der Waals surface area contributed by atoms with E-state index in [0.29, 0.717) is 19.0 Å². The number of fused-ring (bicyclic) bond motifs is 1. The summed E-state index contributed by atoms with van der Waals surface area (Å²) in [5.74, 6) is 1.57. The minimum Gasteiger partial charge on any atom is -0.453 e. The summed E-state index contributed by atoms with van der Waals surface area (Å²) in [5, 5.41) is 7.64. The van der Waals surface area contributed by atoms with E-state index in [0.717, 1.165) is 75.3 Å². The van der Waals surface area contributed by atoms with Crippen LogP contribution in [0.3, 0.4) is 0 Å². The van der Waals surface area contributed by atoms with Gasteiger partial charge in [0.15, 0.2) is 0 Å². The number of ether oxygens (including phenoxy) is 2. The van der Waals surface area contributed by atoms with Crippen LogP contribution >= 0.6 is 0 Å². The van der Waals surface area contributed by atoms with Crippen molar-refractivity contribution in [1.29, 1.82) is 0 Å². The van der Waals surface area contributed by atoms with Gasteiger partial charge < -0.3 is 39.9 Å². The molecule has 14 heteroatoms. The van der Waals surface area contributed by atoms with Gasteiger partial charge in [0, 0.05) is 18.7 Å². The summed E-state index contributed by atoms with van der Waals surface area (Å²) in [6, 6.07) is 19.3. The third-order valence-electron chi connectivity index (χ3n) is 12.3. The lowest BCUT2D eigenvalue weighted by atomic mass is 9.98. The monoisotopic (exact) mass is 830 g/mol. The van der Waals surface area contributed by atoms with E-state index in [1.165, 1.54) is 14.2 Å². The average molecular weight is 831 g/mol. The van der Waals surface area contributed by atoms with Gasteiger partial charge in [-0.2, -0.15) is 0 Å². The van der Waals surface area contributed by atoms with E-state index in [1.54, 1.807) is 0 Å². The molecule has 61 heavy (non-hydrogen) atoms. The lowest BCUT2D eigenvalue weighted by Crippen LogP contribution is -2.51. The van der Waals surface area contributed by atoms with Gasteiger partial charge in [-0.05, 0) is 76.1 Å². The molecule has 7 rings (SSSR count). The SMILES string of the molecule is CCC1CC(c2ncc(-c3ccc4cc(-c5ccc(-c6cnc(C7CC(C)CN7C(=O)C(NC(=O)OC)C(C)C)[nH]6)cc5)ccc4c3)[nH]2)N(C(=O)C(NC(=O)OC)C(C)C)C1. The molecule has 2 fully saturated rings. The molecule has 4 N–H and O–H groups in total. The van der Waals surface area contributed by atoms with Crippen molar-refractivity contribution in [2.75, 3.05) is 27.3 Å². The van der Waals surface area contributed by atoms with Gasteiger partial charge in [0.05, 0.1) is 50.1 Å². The Kier molecular flexibility index (Phi) is 12.8. The van der Waals surface area contributed by atoms with Gasteiger partial charge in [0.1, 0.15) is 23.7 Å². The summed E-state index contributed by atoms with van der Waals surface area (Å²) in [7, 11) is 2.59. The number of alkyl carbamates (subject to hydrolysis) is 2. The van der Waals surface area contributed by atoms with Gasteiger partial charge in [-0.15, -0.1) is 0 Å². The predicted molar refractivity (Wildman–Crippen MR) is 234 cm³/mol. The zero-order valence-electron chi connectivity index (χ0n) is 36.3. The van der Waals surface area contributed by atoms with Crippen LogP contribution < -0.4 is 10.6 Å². The topological polar surface area (TPSA) is 175 Å². The molecular formula is C47H58N8O6. The molecule has 4 amide bonds. The van der Waals surface area contributed by atoms with E-state index in [-0.39, 0.29) is 41.7 Å². The van der Waals surface area contributed by atoms with Crippen molar-refractivity contribution in [3.05, 3.63) is 84.7 Å². The maximum Gasteiger partial charge on any atom is 0.407 e. The summed E-state index contributed by atoms with van der Waals surface area (Å²) < 4.78 is 9.60. The summed E-state index contributed by atoms with van der Waals surface area (Å²) in [4.78, 5) is 71.9. The first-order chi connectivity index (χ1) is 29.3. The number of aromatic nitrogens is 4. The normalized spacial score (nSPS) is 20.0. The highest BCUT2D eigenvalue weighted by atomic mass is 16.5. The number of H-pyrrole nitrogens is 2. The maximum absolute atomic E-state index is 13.9. The molecule has 2 saturated heterocycles. The Labute approximate surface area is 357 Å². The fourth-order valence-electron chi connectivity index (χ4n) is 8.77. The van der Waals surface area contributed by atoms with Gasteiger partial charge in [0.25, 0.3) is 0 Å². The van der Waals surface area contributed by atoms with Crippen LogP contribution in [0.15, 0.2) is 73.1 Å². The third kappa shape index (κ3) is 9.13. The Hall–Kier alpha value is -6.18. The number of hydrogen-bond donors (Lipinski definition) is 4. The van der Waals surface area contributed by atoms with Gasteiger partial charge in [-0.25, -0.2) is 19.6 Å². The smallest absolute Gasteiger partial charge is 0.407 e. The van der Waals surface area contributed by atoms with Gasteiger partial charge in [-0.1, -0.05) is 96.5 Å². The van der Waals surface area contributed by atoms with Crippen LogP contribution in [0.4, 0.5) is 9.59 Å². The lowest BCUT2D eigenvalue weighted by Gasteiger charge is -2.30. The van der Waals surface area contributed by atoms with Crippen molar-refractivity contribution < 1.29 is 28.7 Å². The number of carbonyl (C=O) groups is 4. The fourth-order valence-corrected chi connectivity index (χ4v) is 8.77. The molecule has 2 aliphatic rings. The zero-order chi connectivity index (χ0) is 43.5. The third-order valence-corrected chi connectivity index (χ3v) is 12.3. The first-order valence-corrected chi connectivity index (χ1v) is 21.3. The number of aromatic amines is 2. The molecule has 4 heterocycles. The molecule has 322 valence electrons. The molecule has 3 aromatic carbocycles. The number of imidazole rings is 2. The molecule has 6 atom stereocenters. The standard InChI is InChI=1S/C47H58N8O6/c1-9-29-19-39(55(25-29)45(57)41(27(4)5)53-47(59)61-8)43-49-23-37(51-43)35-17-16-33-20-32(14-15-34(33)21-35)30-10-12-31(13-11-30)36-22-48-42(50-36)38-18-28(6)24-54(38)44(56)40(26(2)3)52-46(58)60-7/h10-17,20-23,26-29,38-41H,9,18-19,24-25H2,1-8H3,(H,48,50)(H,49,51)(H,52,58)(H,53,59). The molecule has 2 aliphatic heterocycles. The lowest BCUT2D eigenvalue weighted by molar-refractivity contribution is -0.136. The zero-order valence-corrected chi connectivity index (χ0v) is 36.3. The fraction of sp³-hybridized carbons (Fsp3) is 0.447. The molecule has 6 unspecified atom stereocenters. The Morgan fingerprint density at radius 2 is 1.13 bits per heavy atom. The largest absolute Gasteiger partial charge is 0.453 e. The Balaban J connectivity index is 1.05. The molecule has 2 aromatic heterocycles. The van der Waals surface area contributed by atoms with Crippen LogP contribution in [-0.2, 0) is 19.1 Å². The first kappa shape index (κ1) is 42.9. The molecule has 5 aromatic rings. The number of carbonyl (C=O) groups excluding carboxylic acids is 4. The Morgan fingerprint density at radius 3 is 1.66 bits per heavy atom. The summed E-state index contributed by atoms with van der Waals surface area (Å²) in [6.45, 7) is 13.1. The van der Waals surface area contributed by atoms with Crippen LogP contribution in [0.2, 0.25) is 0 Å². The number of methoxy groups -OCH3 is 2. The quantitative estimate of drug-likeness (QED) is 0.0972. The van der Waals surface area contributed by atoms with Crippen molar-refractivity contribution in [3.8, 4) is 33.6 Å². The van der Waals surface area contributed by atoms with Crippen LogP contribution in [0.5, 0.6) is 0 Å². The highest BCUT2D eigenvalue weighted by Gasteiger charge is 2.42. The second kappa shape index (κ2) is 18.2. The minimum absolute atomic E-state index is 0.114. The number of benzene rings is 3. The van der Waals surface area contributed by atoms with E-state index in [9.17, 15) is 19.2 Å². The van der Waals surface area contributed by atoms with E-state index in [4.69, 9.17) is 19.4 Å². The van der Waals surface area contributed by atoms with Crippen LogP contribution in [0.25, 0.3) is 44.4 Å². The molecule has 0 radical (unpaired) electrons. The summed E-state index contributed by atoms with van der Waals surface area (Å²) >= 11 is 0. The number of nitrogens with one attached hydrogen (secondary N) is 4. The van der Waals surface area contributed by atoms with Crippen molar-refractivity contribution in [2.24, 2.45) is 23.7 Å². The maximum atomic E-state index is 13.9. The first-order valence-electron chi connectivity index (χ1n) is 21.3. The second-order valence-electron chi connectivity index (χ2n) is 17.3. The Bertz CT molecular complexity index is 2370. The highest BCUT2D eigenvalue weighted by molar-refractivity contribution is 5.91. The molecule has 0 spiro atoms. The average Bonchev–Trinajstić information content (AvgIpc) is 4.10. The molecular weight excluding hydrogens is 773 g/mol. The number of rotatable bonds is 12. The summed E-state index contributed by atoms with van der Waals surface area (Å²) in [5.41, 5.74) is 5.88. The number of amides is 4. The van der Waals surface area contributed by atoms with Crippen LogP contribution in [0.1, 0.15) is 84.5 Å². The van der Waals surface area contributed by atoms with Crippen LogP contribution in [0, 0.1) is 23.7 Å². The van der Waals surface area contributed by atoms with E-state index < -0.39 is 24.3 Å². The summed E-state index contributed by atoms with van der Waals surface area (Å²) in [6.07, 6.45) is 4.91. The molecule has 0 bridgehead atoms. The molecule has 0 saturated carbocycles. The van der Waals surface area contributed by atoms with E-state index in [2.05, 4.69) is 95.1 Å². The van der Waals surface area contributed by atoms with Crippen molar-refractivity contribution in [2.45, 2.75) is 85.0 Å². The number of likely N-dealkylation sites (tertiary alicyclic amines) is 2. The van der Waals surface area contributed by atoms with E-state index in [1.807, 2.05) is 49.9 Å². The van der Waals surface area contributed by atoms with Crippen molar-refractivity contribution in [3.63, 3.8) is 0 Å². The highest BCUT2D eigenvalue weighted by Crippen LogP contribution is 2.39. The molecule has 0 aliphatic carbocycles. The van der Waals surface area contributed by atoms with Crippen molar-refractivity contribution in [1.82, 2.24) is 40.4 Å². The number of hydrogen-bond acceptors (Lipinski definition) is 8. The van der Waals surface area contributed by atoms with E-state index >= 15 is 0 Å². The Morgan fingerprint density at radius 1 is 0.672 bits per heavy atom. The molecule has 14 nitrogen and oxygen atoms in total. The number of nitrogens with zero attached hydrogens (tertiary/aromatic N) is 4. The van der Waals surface area contributed by atoms with Gasteiger partial charge >= 0.3 is 12.2 Å². The minimum atomic E-state index is -0.700.